The molecule has 2 N–H and O–H groups in total. The van der Waals surface area contributed by atoms with Crippen molar-refractivity contribution < 1.29 is 37.3 Å². The molecule has 0 saturated heterocycles. The van der Waals surface area contributed by atoms with Gasteiger partial charge < -0.3 is 24.6 Å². The molecular formula is C33H35F3N2O5. The Labute approximate surface area is 248 Å². The molecule has 228 valence electrons. The van der Waals surface area contributed by atoms with Gasteiger partial charge in [0, 0.05) is 48.3 Å². The fourth-order valence-corrected chi connectivity index (χ4v) is 4.71. The number of carbonyl (C=O) groups excluding carboxylic acids is 1. The Morgan fingerprint density at radius 1 is 0.907 bits per heavy atom. The molecular weight excluding hydrogens is 561 g/mol. The number of nitrogens with zero attached hydrogens (tertiary/aromatic N) is 1. The fourth-order valence-electron chi connectivity index (χ4n) is 4.71. The molecule has 4 rings (SSSR count). The number of ether oxygens (including phenoxy) is 3. The number of carbonyl (C=O) groups is 1. The van der Waals surface area contributed by atoms with E-state index in [4.69, 9.17) is 14.2 Å². The van der Waals surface area contributed by atoms with E-state index in [1.807, 2.05) is 31.2 Å². The van der Waals surface area contributed by atoms with E-state index in [2.05, 4.69) is 10.2 Å². The summed E-state index contributed by atoms with van der Waals surface area (Å²) in [5.41, 5.74) is 0.689. The average molecular weight is 597 g/mol. The van der Waals surface area contributed by atoms with Crippen molar-refractivity contribution in [2.45, 2.75) is 32.1 Å². The smallest absolute Gasteiger partial charge is 0.416 e. The topological polar surface area (TPSA) is 80.3 Å². The Balaban J connectivity index is 1.38. The number of fused-ring (bicyclic) bond motifs is 1. The Hall–Kier alpha value is -4.28. The van der Waals surface area contributed by atoms with E-state index in [-0.39, 0.29) is 24.3 Å². The van der Waals surface area contributed by atoms with E-state index in [1.165, 1.54) is 12.1 Å². The lowest BCUT2D eigenvalue weighted by Crippen LogP contribution is -2.36. The molecule has 0 spiro atoms. The number of aliphatic hydroxyl groups is 1. The zero-order chi connectivity index (χ0) is 31.0. The summed E-state index contributed by atoms with van der Waals surface area (Å²) in [6.45, 7) is 3.60. The van der Waals surface area contributed by atoms with Crippen LogP contribution in [0, 0.1) is 0 Å². The molecule has 0 unspecified atom stereocenters. The zero-order valence-electron chi connectivity index (χ0n) is 24.3. The average Bonchev–Trinajstić information content (AvgIpc) is 2.99. The van der Waals surface area contributed by atoms with Crippen LogP contribution in [-0.4, -0.2) is 55.9 Å². The molecule has 10 heteroatoms. The van der Waals surface area contributed by atoms with Crippen LogP contribution < -0.4 is 19.5 Å². The Morgan fingerprint density at radius 2 is 1.65 bits per heavy atom. The van der Waals surface area contributed by atoms with Crippen molar-refractivity contribution in [1.29, 1.82) is 0 Å². The summed E-state index contributed by atoms with van der Waals surface area (Å²) in [6.07, 6.45) is -3.76. The third kappa shape index (κ3) is 8.39. The van der Waals surface area contributed by atoms with Crippen molar-refractivity contribution in [2.75, 3.05) is 33.9 Å². The number of rotatable bonds is 13. The van der Waals surface area contributed by atoms with Gasteiger partial charge in [-0.2, -0.15) is 13.2 Å². The van der Waals surface area contributed by atoms with Gasteiger partial charge in [0.1, 0.15) is 23.0 Å². The van der Waals surface area contributed by atoms with Gasteiger partial charge in [0.25, 0.3) is 5.91 Å². The summed E-state index contributed by atoms with van der Waals surface area (Å²) in [4.78, 5) is 15.2. The summed E-state index contributed by atoms with van der Waals surface area (Å²) in [5, 5.41) is 14.1. The van der Waals surface area contributed by atoms with E-state index in [0.29, 0.717) is 48.9 Å². The molecule has 4 aromatic carbocycles. The number of methoxy groups -OCH3 is 2. The maximum Gasteiger partial charge on any atom is 0.416 e. The van der Waals surface area contributed by atoms with Crippen LogP contribution in [0.3, 0.4) is 0 Å². The molecule has 7 nitrogen and oxygen atoms in total. The van der Waals surface area contributed by atoms with E-state index in [0.717, 1.165) is 28.5 Å². The number of hydrogen-bond donors (Lipinski definition) is 2. The number of hydrogen-bond acceptors (Lipinski definition) is 6. The minimum absolute atomic E-state index is 0.000863. The van der Waals surface area contributed by atoms with Crippen LogP contribution in [-0.2, 0) is 12.7 Å². The Kier molecular flexibility index (Phi) is 10.5. The summed E-state index contributed by atoms with van der Waals surface area (Å²) >= 11 is 0. The lowest BCUT2D eigenvalue weighted by Gasteiger charge is -2.24. The van der Waals surface area contributed by atoms with E-state index < -0.39 is 11.7 Å². The lowest BCUT2D eigenvalue weighted by atomic mass is 10.1. The van der Waals surface area contributed by atoms with Gasteiger partial charge >= 0.3 is 6.18 Å². The number of aliphatic hydroxyl groups excluding tert-OH is 1. The van der Waals surface area contributed by atoms with Crippen LogP contribution in [0.1, 0.15) is 34.8 Å². The SMILES string of the molecule is COc1ccc(CN(CCO)CC[C@@H](C)NC(=O)c2ccc3c(Oc4ccc(C(F)(F)F)cc4)cccc3c2)c(OC)c1. The number of alkyl halides is 3. The minimum atomic E-state index is -4.42. The molecule has 0 bridgehead atoms. The summed E-state index contributed by atoms with van der Waals surface area (Å²) in [5.74, 6) is 1.91. The third-order valence-electron chi connectivity index (χ3n) is 7.07. The lowest BCUT2D eigenvalue weighted by molar-refractivity contribution is -0.137. The van der Waals surface area contributed by atoms with Gasteiger partial charge in [-0.25, -0.2) is 0 Å². The largest absolute Gasteiger partial charge is 0.497 e. The quantitative estimate of drug-likeness (QED) is 0.180. The standard InChI is InChI=1S/C33H35F3N2O5/c1-22(15-16-38(17-18-39)21-25-7-11-28(41-2)20-31(25)42-3)37-32(40)24-8-14-29-23(19-24)5-4-6-30(29)43-27-12-9-26(10-13-27)33(34,35)36/h4-14,19-20,22,39H,15-18,21H2,1-3H3,(H,37,40)/t22-/m1/s1. The molecule has 4 aromatic rings. The molecule has 0 saturated carbocycles. The highest BCUT2D eigenvalue weighted by atomic mass is 19.4. The summed E-state index contributed by atoms with van der Waals surface area (Å²) in [7, 11) is 3.20. The first-order valence-electron chi connectivity index (χ1n) is 13.8. The fraction of sp³-hybridized carbons (Fsp3) is 0.303. The van der Waals surface area contributed by atoms with E-state index >= 15 is 0 Å². The first-order valence-corrected chi connectivity index (χ1v) is 13.8. The molecule has 0 heterocycles. The van der Waals surface area contributed by atoms with Crippen LogP contribution in [0.2, 0.25) is 0 Å². The predicted octanol–water partition coefficient (Wildman–Crippen LogP) is 6.67. The highest BCUT2D eigenvalue weighted by Crippen LogP contribution is 2.34. The molecule has 43 heavy (non-hydrogen) atoms. The Morgan fingerprint density at radius 3 is 2.33 bits per heavy atom. The van der Waals surface area contributed by atoms with Crippen LogP contribution in [0.15, 0.2) is 78.9 Å². The summed E-state index contributed by atoms with van der Waals surface area (Å²) < 4.78 is 55.3. The normalized spacial score (nSPS) is 12.3. The van der Waals surface area contributed by atoms with Gasteiger partial charge in [-0.15, -0.1) is 0 Å². The number of amides is 1. The Bertz CT molecular complexity index is 1530. The molecule has 0 radical (unpaired) electrons. The van der Waals surface area contributed by atoms with Crippen molar-refractivity contribution in [1.82, 2.24) is 10.2 Å². The third-order valence-corrected chi connectivity index (χ3v) is 7.07. The number of benzene rings is 4. The molecule has 0 aliphatic rings. The second-order valence-electron chi connectivity index (χ2n) is 10.2. The first kappa shape index (κ1) is 31.7. The number of nitrogens with one attached hydrogen (secondary N) is 1. The van der Waals surface area contributed by atoms with Gasteiger partial charge in [-0.3, -0.25) is 9.69 Å². The molecule has 1 atom stereocenters. The van der Waals surface area contributed by atoms with E-state index in [9.17, 15) is 23.1 Å². The highest BCUT2D eigenvalue weighted by Gasteiger charge is 2.30. The first-order chi connectivity index (χ1) is 20.6. The van der Waals surface area contributed by atoms with Gasteiger partial charge in [-0.1, -0.05) is 18.2 Å². The van der Waals surface area contributed by atoms with Gasteiger partial charge in [0.15, 0.2) is 0 Å². The van der Waals surface area contributed by atoms with Crippen molar-refractivity contribution in [3.05, 3.63) is 95.6 Å². The second-order valence-corrected chi connectivity index (χ2v) is 10.2. The van der Waals surface area contributed by atoms with Crippen molar-refractivity contribution >= 4 is 16.7 Å². The molecule has 1 amide bonds. The molecule has 0 aromatic heterocycles. The van der Waals surface area contributed by atoms with Crippen molar-refractivity contribution in [3.63, 3.8) is 0 Å². The van der Waals surface area contributed by atoms with E-state index in [1.54, 1.807) is 44.6 Å². The number of halogens is 3. The zero-order valence-corrected chi connectivity index (χ0v) is 24.3. The van der Waals surface area contributed by atoms with Gasteiger partial charge in [0.2, 0.25) is 0 Å². The van der Waals surface area contributed by atoms with Gasteiger partial charge in [0.05, 0.1) is 26.4 Å². The summed E-state index contributed by atoms with van der Waals surface area (Å²) in [6, 6.07) is 20.5. The highest BCUT2D eigenvalue weighted by molar-refractivity contribution is 6.00. The van der Waals surface area contributed by atoms with Crippen LogP contribution in [0.5, 0.6) is 23.0 Å². The second kappa shape index (κ2) is 14.3. The van der Waals surface area contributed by atoms with Crippen molar-refractivity contribution in [3.8, 4) is 23.0 Å². The van der Waals surface area contributed by atoms with Gasteiger partial charge in [-0.05, 0) is 73.3 Å². The van der Waals surface area contributed by atoms with Crippen LogP contribution in [0.25, 0.3) is 10.8 Å². The minimum Gasteiger partial charge on any atom is -0.497 e. The monoisotopic (exact) mass is 596 g/mol. The maximum atomic E-state index is 13.1. The van der Waals surface area contributed by atoms with Crippen LogP contribution in [0.4, 0.5) is 13.2 Å². The molecule has 0 aliphatic carbocycles. The molecule has 0 fully saturated rings. The predicted molar refractivity (Wildman–Crippen MR) is 159 cm³/mol. The van der Waals surface area contributed by atoms with Crippen molar-refractivity contribution in [2.24, 2.45) is 0 Å². The van der Waals surface area contributed by atoms with Crippen LogP contribution >= 0.6 is 0 Å². The molecule has 0 aliphatic heterocycles. The maximum absolute atomic E-state index is 13.1.